The molecule has 0 unspecified atom stereocenters. The van der Waals surface area contributed by atoms with Gasteiger partial charge in [0.2, 0.25) is 0 Å². The molecule has 1 N–H and O–H groups in total. The molecule has 0 aliphatic rings. The van der Waals surface area contributed by atoms with Crippen molar-refractivity contribution < 1.29 is 5.11 Å². The van der Waals surface area contributed by atoms with E-state index in [0.717, 1.165) is 36.6 Å². The van der Waals surface area contributed by atoms with Gasteiger partial charge in [0.25, 0.3) is 0 Å². The fraction of sp³-hybridized carbons (Fsp3) is 0.263. The summed E-state index contributed by atoms with van der Waals surface area (Å²) in [6.45, 7) is 2.72. The van der Waals surface area contributed by atoms with E-state index in [1.807, 2.05) is 36.7 Å². The molecule has 24 heavy (non-hydrogen) atoms. The number of benzene rings is 1. The zero-order chi connectivity index (χ0) is 16.6. The van der Waals surface area contributed by atoms with Gasteiger partial charge in [-0.05, 0) is 18.1 Å². The van der Waals surface area contributed by atoms with Gasteiger partial charge in [-0.1, -0.05) is 36.4 Å². The lowest BCUT2D eigenvalue weighted by molar-refractivity contribution is 0.213. The van der Waals surface area contributed by atoms with Crippen molar-refractivity contribution in [1.82, 2.24) is 14.9 Å². The maximum absolute atomic E-state index is 9.15. The molecule has 3 rings (SSSR count). The summed E-state index contributed by atoms with van der Waals surface area (Å²) >= 11 is 1.73. The highest BCUT2D eigenvalue weighted by Gasteiger charge is 2.10. The Hall–Kier alpha value is -2.08. The van der Waals surface area contributed by atoms with Crippen LogP contribution in [0.25, 0.3) is 10.6 Å². The molecule has 0 spiro atoms. The summed E-state index contributed by atoms with van der Waals surface area (Å²) in [6.07, 6.45) is 6.41. The highest BCUT2D eigenvalue weighted by molar-refractivity contribution is 7.15. The van der Waals surface area contributed by atoms with E-state index >= 15 is 0 Å². The largest absolute Gasteiger partial charge is 0.396 e. The Morgan fingerprint density at radius 3 is 2.62 bits per heavy atom. The standard InChI is InChI=1S/C19H21N3OS/c23-11-5-10-22(14-16-6-4-9-20-12-16)15-18-13-21-19(24-18)17-7-2-1-3-8-17/h1-4,6-9,12-13,23H,5,10-11,14-15H2. The third-order valence-electron chi connectivity index (χ3n) is 3.72. The second kappa shape index (κ2) is 8.68. The van der Waals surface area contributed by atoms with E-state index in [1.165, 1.54) is 10.4 Å². The first-order valence-electron chi connectivity index (χ1n) is 8.07. The van der Waals surface area contributed by atoms with Gasteiger partial charge in [0, 0.05) is 55.3 Å². The summed E-state index contributed by atoms with van der Waals surface area (Å²) in [7, 11) is 0. The van der Waals surface area contributed by atoms with Crippen LogP contribution < -0.4 is 0 Å². The topological polar surface area (TPSA) is 49.2 Å². The number of aliphatic hydroxyl groups excluding tert-OH is 1. The van der Waals surface area contributed by atoms with E-state index in [-0.39, 0.29) is 6.61 Å². The van der Waals surface area contributed by atoms with Crippen molar-refractivity contribution in [3.8, 4) is 10.6 Å². The van der Waals surface area contributed by atoms with E-state index in [1.54, 1.807) is 17.5 Å². The average Bonchev–Trinajstić information content (AvgIpc) is 3.10. The van der Waals surface area contributed by atoms with Crippen LogP contribution >= 0.6 is 11.3 Å². The maximum Gasteiger partial charge on any atom is 0.123 e. The number of hydrogen-bond donors (Lipinski definition) is 1. The Morgan fingerprint density at radius 1 is 1.00 bits per heavy atom. The van der Waals surface area contributed by atoms with E-state index < -0.39 is 0 Å². The van der Waals surface area contributed by atoms with Gasteiger partial charge in [-0.25, -0.2) is 4.98 Å². The number of hydrogen-bond acceptors (Lipinski definition) is 5. The Kier molecular flexibility index (Phi) is 6.07. The average molecular weight is 339 g/mol. The lowest BCUT2D eigenvalue weighted by Crippen LogP contribution is -2.24. The van der Waals surface area contributed by atoms with Gasteiger partial charge in [-0.2, -0.15) is 0 Å². The molecule has 124 valence electrons. The van der Waals surface area contributed by atoms with E-state index in [2.05, 4.69) is 33.1 Å². The summed E-state index contributed by atoms with van der Waals surface area (Å²) in [5.74, 6) is 0. The minimum Gasteiger partial charge on any atom is -0.396 e. The summed E-state index contributed by atoms with van der Waals surface area (Å²) in [4.78, 5) is 12.3. The van der Waals surface area contributed by atoms with Gasteiger partial charge >= 0.3 is 0 Å². The molecule has 0 aliphatic carbocycles. The number of thiazole rings is 1. The van der Waals surface area contributed by atoms with Crippen LogP contribution in [0.5, 0.6) is 0 Å². The van der Waals surface area contributed by atoms with E-state index in [4.69, 9.17) is 5.11 Å². The van der Waals surface area contributed by atoms with Crippen LogP contribution in [-0.4, -0.2) is 33.1 Å². The molecule has 0 radical (unpaired) electrons. The van der Waals surface area contributed by atoms with Gasteiger partial charge < -0.3 is 5.11 Å². The van der Waals surface area contributed by atoms with Crippen LogP contribution in [0.1, 0.15) is 16.9 Å². The number of pyridine rings is 1. The zero-order valence-corrected chi connectivity index (χ0v) is 14.3. The molecule has 0 fully saturated rings. The third kappa shape index (κ3) is 4.71. The summed E-state index contributed by atoms with van der Waals surface area (Å²) in [6, 6.07) is 14.3. The van der Waals surface area contributed by atoms with Crippen molar-refractivity contribution in [2.45, 2.75) is 19.5 Å². The van der Waals surface area contributed by atoms with E-state index in [0.29, 0.717) is 0 Å². The van der Waals surface area contributed by atoms with Crippen molar-refractivity contribution in [3.05, 3.63) is 71.5 Å². The van der Waals surface area contributed by atoms with Crippen LogP contribution in [0.2, 0.25) is 0 Å². The Morgan fingerprint density at radius 2 is 1.88 bits per heavy atom. The first-order valence-corrected chi connectivity index (χ1v) is 8.89. The highest BCUT2D eigenvalue weighted by atomic mass is 32.1. The molecule has 2 heterocycles. The molecule has 2 aromatic heterocycles. The van der Waals surface area contributed by atoms with Crippen LogP contribution in [-0.2, 0) is 13.1 Å². The Balaban J connectivity index is 1.69. The van der Waals surface area contributed by atoms with Gasteiger partial charge in [0.05, 0.1) is 0 Å². The molecule has 4 nitrogen and oxygen atoms in total. The summed E-state index contributed by atoms with van der Waals surface area (Å²) in [5.41, 5.74) is 2.34. The normalized spacial score (nSPS) is 11.1. The first-order chi connectivity index (χ1) is 11.8. The molecule has 0 bridgehead atoms. The molecular formula is C19H21N3OS. The summed E-state index contributed by atoms with van der Waals surface area (Å²) in [5, 5.41) is 10.2. The van der Waals surface area contributed by atoms with Crippen molar-refractivity contribution in [3.63, 3.8) is 0 Å². The number of aliphatic hydroxyl groups is 1. The van der Waals surface area contributed by atoms with Gasteiger partial charge in [0.1, 0.15) is 5.01 Å². The third-order valence-corrected chi connectivity index (χ3v) is 4.75. The van der Waals surface area contributed by atoms with Crippen LogP contribution in [0.15, 0.2) is 61.1 Å². The molecule has 0 amide bonds. The SMILES string of the molecule is OCCCN(Cc1cccnc1)Cc1cnc(-c2ccccc2)s1. The number of aromatic nitrogens is 2. The zero-order valence-electron chi connectivity index (χ0n) is 13.5. The smallest absolute Gasteiger partial charge is 0.123 e. The summed E-state index contributed by atoms with van der Waals surface area (Å²) < 4.78 is 0. The molecule has 0 saturated carbocycles. The van der Waals surface area contributed by atoms with E-state index in [9.17, 15) is 0 Å². The Labute approximate surface area is 146 Å². The highest BCUT2D eigenvalue weighted by Crippen LogP contribution is 2.26. The second-order valence-corrected chi connectivity index (χ2v) is 6.76. The second-order valence-electron chi connectivity index (χ2n) is 5.65. The van der Waals surface area contributed by atoms with Gasteiger partial charge in [-0.15, -0.1) is 11.3 Å². The van der Waals surface area contributed by atoms with Crippen LogP contribution in [0.4, 0.5) is 0 Å². The van der Waals surface area contributed by atoms with Crippen LogP contribution in [0, 0.1) is 0 Å². The molecule has 1 aromatic carbocycles. The van der Waals surface area contributed by atoms with Crippen LogP contribution in [0.3, 0.4) is 0 Å². The van der Waals surface area contributed by atoms with Crippen molar-refractivity contribution in [2.24, 2.45) is 0 Å². The number of rotatable bonds is 8. The fourth-order valence-corrected chi connectivity index (χ4v) is 3.53. The minimum absolute atomic E-state index is 0.210. The van der Waals surface area contributed by atoms with Crippen molar-refractivity contribution in [1.29, 1.82) is 0 Å². The fourth-order valence-electron chi connectivity index (χ4n) is 2.57. The maximum atomic E-state index is 9.15. The molecule has 3 aromatic rings. The first kappa shape index (κ1) is 16.8. The molecule has 0 aliphatic heterocycles. The predicted molar refractivity (Wildman–Crippen MR) is 97.6 cm³/mol. The lowest BCUT2D eigenvalue weighted by Gasteiger charge is -2.21. The monoisotopic (exact) mass is 339 g/mol. The quantitative estimate of drug-likeness (QED) is 0.681. The minimum atomic E-state index is 0.210. The van der Waals surface area contributed by atoms with Crippen molar-refractivity contribution in [2.75, 3.05) is 13.2 Å². The Bertz CT molecular complexity index is 731. The predicted octanol–water partition coefficient (Wildman–Crippen LogP) is 3.59. The van der Waals surface area contributed by atoms with Crippen molar-refractivity contribution >= 4 is 11.3 Å². The molecule has 5 heteroatoms. The molecule has 0 saturated heterocycles. The van der Waals surface area contributed by atoms with Gasteiger partial charge in [0.15, 0.2) is 0 Å². The number of nitrogens with zero attached hydrogens (tertiary/aromatic N) is 3. The molecular weight excluding hydrogens is 318 g/mol. The lowest BCUT2D eigenvalue weighted by atomic mass is 10.2. The van der Waals surface area contributed by atoms with Gasteiger partial charge in [-0.3, -0.25) is 9.88 Å². The molecule has 0 atom stereocenters.